The SMILES string of the molecule is COc1ccc(C2(C)NC(=O)N(CC(=O)Nc3ccc4c(c3)OC(F)(F)O4)C2=O)cc1. The number of urea groups is 1. The van der Waals surface area contributed by atoms with Crippen LogP contribution in [0.4, 0.5) is 19.3 Å². The lowest BCUT2D eigenvalue weighted by Gasteiger charge is -2.22. The highest BCUT2D eigenvalue weighted by molar-refractivity contribution is 6.10. The molecule has 9 nitrogen and oxygen atoms in total. The summed E-state index contributed by atoms with van der Waals surface area (Å²) in [7, 11) is 1.51. The Morgan fingerprint density at radius 3 is 2.48 bits per heavy atom. The second-order valence-electron chi connectivity index (χ2n) is 7.05. The lowest BCUT2D eigenvalue weighted by molar-refractivity contribution is -0.286. The standard InChI is InChI=1S/C20H17F2N3O6/c1-19(11-3-6-13(29-2)7-4-11)17(27)25(18(28)24-19)10-16(26)23-12-5-8-14-15(9-12)31-20(21,22)30-14/h3-9H,10H2,1-2H3,(H,23,26)(H,24,28). The van der Waals surface area contributed by atoms with Crippen molar-refractivity contribution in [2.75, 3.05) is 19.0 Å². The van der Waals surface area contributed by atoms with Crippen LogP contribution in [0.1, 0.15) is 12.5 Å². The molecule has 2 aliphatic rings. The van der Waals surface area contributed by atoms with Crippen LogP contribution in [0.15, 0.2) is 42.5 Å². The predicted octanol–water partition coefficient (Wildman–Crippen LogP) is 2.42. The van der Waals surface area contributed by atoms with E-state index in [0.717, 1.165) is 11.0 Å². The molecule has 4 amide bonds. The van der Waals surface area contributed by atoms with Crippen molar-refractivity contribution < 1.29 is 37.4 Å². The smallest absolute Gasteiger partial charge is 0.497 e. The molecule has 4 rings (SSSR count). The summed E-state index contributed by atoms with van der Waals surface area (Å²) < 4.78 is 39.9. The molecular weight excluding hydrogens is 416 g/mol. The van der Waals surface area contributed by atoms with Gasteiger partial charge in [-0.2, -0.15) is 0 Å². The zero-order chi connectivity index (χ0) is 22.4. The summed E-state index contributed by atoms with van der Waals surface area (Å²) in [5, 5.41) is 5.03. The molecule has 1 unspecified atom stereocenters. The largest absolute Gasteiger partial charge is 0.586 e. The van der Waals surface area contributed by atoms with Gasteiger partial charge in [0.1, 0.15) is 17.8 Å². The number of alkyl halides is 2. The van der Waals surface area contributed by atoms with Gasteiger partial charge in [0.25, 0.3) is 5.91 Å². The van der Waals surface area contributed by atoms with E-state index in [9.17, 15) is 23.2 Å². The van der Waals surface area contributed by atoms with Crippen molar-refractivity contribution >= 4 is 23.5 Å². The summed E-state index contributed by atoms with van der Waals surface area (Å²) in [6, 6.07) is 9.54. The minimum absolute atomic E-state index is 0.134. The van der Waals surface area contributed by atoms with Gasteiger partial charge in [-0.1, -0.05) is 12.1 Å². The fraction of sp³-hybridized carbons (Fsp3) is 0.250. The Morgan fingerprint density at radius 1 is 1.13 bits per heavy atom. The number of ether oxygens (including phenoxy) is 3. The fourth-order valence-electron chi connectivity index (χ4n) is 3.33. The first-order chi connectivity index (χ1) is 14.6. The van der Waals surface area contributed by atoms with Gasteiger partial charge in [-0.25, -0.2) is 4.79 Å². The van der Waals surface area contributed by atoms with Gasteiger partial charge in [-0.05, 0) is 36.8 Å². The molecule has 31 heavy (non-hydrogen) atoms. The Hall–Kier alpha value is -3.89. The van der Waals surface area contributed by atoms with Gasteiger partial charge < -0.3 is 24.8 Å². The third kappa shape index (κ3) is 3.69. The summed E-state index contributed by atoms with van der Waals surface area (Å²) in [4.78, 5) is 38.5. The molecule has 162 valence electrons. The van der Waals surface area contributed by atoms with Crippen LogP contribution >= 0.6 is 0 Å². The number of imide groups is 1. The number of hydrogen-bond acceptors (Lipinski definition) is 6. The van der Waals surface area contributed by atoms with E-state index in [0.29, 0.717) is 11.3 Å². The highest BCUT2D eigenvalue weighted by atomic mass is 19.3. The van der Waals surface area contributed by atoms with Gasteiger partial charge in [-0.3, -0.25) is 14.5 Å². The molecule has 2 aromatic carbocycles. The number of carbonyl (C=O) groups excluding carboxylic acids is 3. The van der Waals surface area contributed by atoms with Crippen LogP contribution in [0, 0.1) is 0 Å². The minimum Gasteiger partial charge on any atom is -0.497 e. The van der Waals surface area contributed by atoms with Crippen LogP contribution in [0.3, 0.4) is 0 Å². The molecule has 1 saturated heterocycles. The summed E-state index contributed by atoms with van der Waals surface area (Å²) >= 11 is 0. The van der Waals surface area contributed by atoms with Gasteiger partial charge in [-0.15, -0.1) is 8.78 Å². The second-order valence-corrected chi connectivity index (χ2v) is 7.05. The van der Waals surface area contributed by atoms with E-state index >= 15 is 0 Å². The van der Waals surface area contributed by atoms with E-state index in [4.69, 9.17) is 4.74 Å². The van der Waals surface area contributed by atoms with Crippen LogP contribution in [0.25, 0.3) is 0 Å². The van der Waals surface area contributed by atoms with Crippen LogP contribution in [0.5, 0.6) is 17.2 Å². The molecule has 0 bridgehead atoms. The topological polar surface area (TPSA) is 106 Å². The molecule has 0 spiro atoms. The van der Waals surface area contributed by atoms with E-state index in [1.54, 1.807) is 24.3 Å². The Balaban J connectivity index is 1.45. The van der Waals surface area contributed by atoms with Crippen molar-refractivity contribution in [1.29, 1.82) is 0 Å². The van der Waals surface area contributed by atoms with E-state index in [2.05, 4.69) is 20.1 Å². The molecule has 2 aromatic rings. The Kier molecular flexibility index (Phi) is 4.68. The lowest BCUT2D eigenvalue weighted by Crippen LogP contribution is -2.42. The number of methoxy groups -OCH3 is 1. The zero-order valence-electron chi connectivity index (χ0n) is 16.4. The quantitative estimate of drug-likeness (QED) is 0.702. The van der Waals surface area contributed by atoms with Gasteiger partial charge in [0.15, 0.2) is 11.5 Å². The molecule has 1 fully saturated rings. The van der Waals surface area contributed by atoms with E-state index in [-0.39, 0.29) is 17.2 Å². The van der Waals surface area contributed by atoms with Crippen LogP contribution in [-0.4, -0.2) is 42.7 Å². The number of benzene rings is 2. The molecule has 1 atom stereocenters. The summed E-state index contributed by atoms with van der Waals surface area (Å²) in [6.07, 6.45) is -3.78. The highest BCUT2D eigenvalue weighted by Gasteiger charge is 2.49. The van der Waals surface area contributed by atoms with Gasteiger partial charge in [0.2, 0.25) is 5.91 Å². The average Bonchev–Trinajstić information content (AvgIpc) is 3.14. The minimum atomic E-state index is -3.78. The number of amides is 4. The molecular formula is C20H17F2N3O6. The van der Waals surface area contributed by atoms with Crippen molar-refractivity contribution in [1.82, 2.24) is 10.2 Å². The molecule has 0 aromatic heterocycles. The Bertz CT molecular complexity index is 1080. The van der Waals surface area contributed by atoms with Crippen molar-refractivity contribution in [3.8, 4) is 17.2 Å². The van der Waals surface area contributed by atoms with Gasteiger partial charge in [0, 0.05) is 11.8 Å². The zero-order valence-corrected chi connectivity index (χ0v) is 16.4. The van der Waals surface area contributed by atoms with Gasteiger partial charge in [0.05, 0.1) is 7.11 Å². The van der Waals surface area contributed by atoms with Crippen LogP contribution in [0.2, 0.25) is 0 Å². The molecule has 2 aliphatic heterocycles. The number of carbonyl (C=O) groups is 3. The van der Waals surface area contributed by atoms with Gasteiger partial charge >= 0.3 is 12.3 Å². The third-order valence-electron chi connectivity index (χ3n) is 4.93. The van der Waals surface area contributed by atoms with Crippen molar-refractivity contribution in [3.05, 3.63) is 48.0 Å². The van der Waals surface area contributed by atoms with E-state index in [1.807, 2.05) is 0 Å². The predicted molar refractivity (Wildman–Crippen MR) is 102 cm³/mol. The van der Waals surface area contributed by atoms with Crippen LogP contribution < -0.4 is 24.8 Å². The summed E-state index contributed by atoms with van der Waals surface area (Å²) in [6.45, 7) is 0.964. The number of anilines is 1. The summed E-state index contributed by atoms with van der Waals surface area (Å²) in [5.41, 5.74) is -0.699. The average molecular weight is 433 g/mol. The first-order valence-corrected chi connectivity index (χ1v) is 9.10. The third-order valence-corrected chi connectivity index (χ3v) is 4.93. The number of rotatable bonds is 5. The number of nitrogens with zero attached hydrogens (tertiary/aromatic N) is 1. The first-order valence-electron chi connectivity index (χ1n) is 9.10. The normalized spacial score (nSPS) is 21.1. The second kappa shape index (κ2) is 7.11. The lowest BCUT2D eigenvalue weighted by atomic mass is 9.92. The number of halogens is 2. The molecule has 0 aliphatic carbocycles. The molecule has 11 heteroatoms. The number of fused-ring (bicyclic) bond motifs is 1. The van der Waals surface area contributed by atoms with Crippen LogP contribution in [-0.2, 0) is 15.1 Å². The maximum atomic E-state index is 13.1. The maximum Gasteiger partial charge on any atom is 0.586 e. The fourth-order valence-corrected chi connectivity index (χ4v) is 3.33. The molecule has 2 heterocycles. The Labute approximate surface area is 174 Å². The number of nitrogens with one attached hydrogen (secondary N) is 2. The van der Waals surface area contributed by atoms with E-state index in [1.165, 1.54) is 26.2 Å². The summed E-state index contributed by atoms with van der Waals surface area (Å²) in [5.74, 6) is -1.14. The monoisotopic (exact) mass is 433 g/mol. The highest BCUT2D eigenvalue weighted by Crippen LogP contribution is 2.42. The molecule has 2 N–H and O–H groups in total. The van der Waals surface area contributed by atoms with E-state index < -0.39 is 36.2 Å². The number of hydrogen-bond donors (Lipinski definition) is 2. The Morgan fingerprint density at radius 2 is 1.81 bits per heavy atom. The van der Waals surface area contributed by atoms with Crippen molar-refractivity contribution in [2.45, 2.75) is 18.8 Å². The molecule has 0 radical (unpaired) electrons. The molecule has 0 saturated carbocycles. The first kappa shape index (κ1) is 20.4. The van der Waals surface area contributed by atoms with Crippen molar-refractivity contribution in [2.24, 2.45) is 0 Å². The maximum absolute atomic E-state index is 13.1. The van der Waals surface area contributed by atoms with Crippen molar-refractivity contribution in [3.63, 3.8) is 0 Å².